The second-order valence-electron chi connectivity index (χ2n) is 4.81. The zero-order valence-corrected chi connectivity index (χ0v) is 10.5. The van der Waals surface area contributed by atoms with Crippen LogP contribution in [0, 0.1) is 18.8 Å². The third kappa shape index (κ3) is 8.59. The molecule has 0 N–H and O–H groups in total. The van der Waals surface area contributed by atoms with E-state index in [0.29, 0.717) is 5.92 Å². The Kier molecular flexibility index (Phi) is 9.55. The van der Waals surface area contributed by atoms with Crippen molar-refractivity contribution in [1.29, 1.82) is 0 Å². The predicted octanol–water partition coefficient (Wildman–Crippen LogP) is 5.23. The summed E-state index contributed by atoms with van der Waals surface area (Å²) in [6.45, 7) is 10.9. The van der Waals surface area contributed by atoms with Gasteiger partial charge in [-0.1, -0.05) is 79.1 Å². The maximum Gasteiger partial charge on any atom is -0.0417 e. The van der Waals surface area contributed by atoms with E-state index in [4.69, 9.17) is 0 Å². The molecule has 0 aliphatic rings. The van der Waals surface area contributed by atoms with Crippen LogP contribution in [0.4, 0.5) is 0 Å². The first-order chi connectivity index (χ1) is 6.70. The van der Waals surface area contributed by atoms with Gasteiger partial charge in [0.1, 0.15) is 0 Å². The highest BCUT2D eigenvalue weighted by Crippen LogP contribution is 2.20. The molecule has 0 aromatic rings. The van der Waals surface area contributed by atoms with Crippen LogP contribution in [0.2, 0.25) is 0 Å². The van der Waals surface area contributed by atoms with Crippen LogP contribution in [0.15, 0.2) is 0 Å². The third-order valence-corrected chi connectivity index (χ3v) is 3.10. The molecule has 0 saturated heterocycles. The van der Waals surface area contributed by atoms with E-state index in [0.717, 1.165) is 5.92 Å². The molecule has 2 atom stereocenters. The molecule has 0 aromatic carbocycles. The molecule has 0 aromatic heterocycles. The topological polar surface area (TPSA) is 0 Å². The number of hydrogen-bond acceptors (Lipinski definition) is 0. The summed E-state index contributed by atoms with van der Waals surface area (Å²) in [5, 5.41) is 0. The van der Waals surface area contributed by atoms with Crippen LogP contribution in [0.1, 0.15) is 72.1 Å². The zero-order chi connectivity index (χ0) is 10.8. The molecule has 0 spiro atoms. The average Bonchev–Trinajstić information content (AvgIpc) is 2.16. The van der Waals surface area contributed by atoms with Crippen molar-refractivity contribution in [2.45, 2.75) is 72.1 Å². The molecule has 2 unspecified atom stereocenters. The minimum atomic E-state index is 0.644. The molecule has 0 bridgehead atoms. The Morgan fingerprint density at radius 3 is 2.00 bits per heavy atom. The average molecular weight is 197 g/mol. The molecular formula is C14H29. The summed E-state index contributed by atoms with van der Waals surface area (Å²) in [5.41, 5.74) is 0. The van der Waals surface area contributed by atoms with Crippen molar-refractivity contribution >= 4 is 0 Å². The summed E-state index contributed by atoms with van der Waals surface area (Å²) in [5.74, 6) is 1.64. The van der Waals surface area contributed by atoms with Gasteiger partial charge in [0.2, 0.25) is 0 Å². The van der Waals surface area contributed by atoms with E-state index in [2.05, 4.69) is 27.7 Å². The van der Waals surface area contributed by atoms with Gasteiger partial charge in [-0.3, -0.25) is 0 Å². The van der Waals surface area contributed by atoms with Gasteiger partial charge in [-0.2, -0.15) is 0 Å². The second-order valence-corrected chi connectivity index (χ2v) is 4.81. The van der Waals surface area contributed by atoms with Crippen molar-refractivity contribution in [2.75, 3.05) is 0 Å². The lowest BCUT2D eigenvalue weighted by Gasteiger charge is -2.14. The summed E-state index contributed by atoms with van der Waals surface area (Å²) in [6, 6.07) is 0. The molecule has 0 fully saturated rings. The van der Waals surface area contributed by atoms with E-state index in [1.165, 1.54) is 51.4 Å². The standard InChI is InChI=1S/C14H29/c1-5-7-11-14(6-2)12-9-8-10-13(3)4/h13-14H,3,5-12H2,1-2,4H3. The number of unbranched alkanes of at least 4 members (excludes halogenated alkanes) is 2. The van der Waals surface area contributed by atoms with E-state index in [1.807, 2.05) is 0 Å². The van der Waals surface area contributed by atoms with Crippen LogP contribution in [0.5, 0.6) is 0 Å². The number of rotatable bonds is 9. The van der Waals surface area contributed by atoms with Crippen LogP contribution in [0.3, 0.4) is 0 Å². The Hall–Kier alpha value is 0. The quantitative estimate of drug-likeness (QED) is 0.444. The van der Waals surface area contributed by atoms with E-state index >= 15 is 0 Å². The first-order valence-electron chi connectivity index (χ1n) is 6.53. The van der Waals surface area contributed by atoms with Crippen molar-refractivity contribution in [3.8, 4) is 0 Å². The fraction of sp³-hybridized carbons (Fsp3) is 0.929. The fourth-order valence-corrected chi connectivity index (χ4v) is 1.97. The van der Waals surface area contributed by atoms with Gasteiger partial charge in [0.15, 0.2) is 0 Å². The lowest BCUT2D eigenvalue weighted by molar-refractivity contribution is 0.396. The van der Waals surface area contributed by atoms with Crippen molar-refractivity contribution in [3.63, 3.8) is 0 Å². The highest BCUT2D eigenvalue weighted by Gasteiger charge is 2.05. The summed E-state index contributed by atoms with van der Waals surface area (Å²) in [7, 11) is 0. The van der Waals surface area contributed by atoms with Crippen LogP contribution < -0.4 is 0 Å². The molecule has 1 radical (unpaired) electrons. The first-order valence-corrected chi connectivity index (χ1v) is 6.53. The van der Waals surface area contributed by atoms with Gasteiger partial charge in [0, 0.05) is 0 Å². The van der Waals surface area contributed by atoms with Crippen molar-refractivity contribution in [1.82, 2.24) is 0 Å². The molecule has 85 valence electrons. The van der Waals surface area contributed by atoms with Gasteiger partial charge in [-0.05, 0) is 11.8 Å². The van der Waals surface area contributed by atoms with Gasteiger partial charge < -0.3 is 0 Å². The largest absolute Gasteiger partial charge is 0.0654 e. The molecule has 0 nitrogen and oxygen atoms in total. The highest BCUT2D eigenvalue weighted by atomic mass is 14.1. The minimum absolute atomic E-state index is 0.644. The van der Waals surface area contributed by atoms with E-state index in [-0.39, 0.29) is 0 Å². The van der Waals surface area contributed by atoms with Gasteiger partial charge in [-0.15, -0.1) is 0 Å². The third-order valence-electron chi connectivity index (χ3n) is 3.10. The maximum absolute atomic E-state index is 4.02. The molecule has 0 saturated carbocycles. The van der Waals surface area contributed by atoms with Crippen molar-refractivity contribution in [2.24, 2.45) is 11.8 Å². The van der Waals surface area contributed by atoms with Crippen LogP contribution in [0.25, 0.3) is 0 Å². The van der Waals surface area contributed by atoms with Gasteiger partial charge in [0.25, 0.3) is 0 Å². The minimum Gasteiger partial charge on any atom is -0.0654 e. The SMILES string of the molecule is [CH2]C(C)CCCCC(CC)CCCC. The molecule has 0 amide bonds. The first kappa shape index (κ1) is 14.0. The monoisotopic (exact) mass is 197 g/mol. The molecule has 0 aliphatic heterocycles. The lowest BCUT2D eigenvalue weighted by Crippen LogP contribution is -1.99. The Balaban J connectivity index is 3.33. The summed E-state index contributed by atoms with van der Waals surface area (Å²) < 4.78 is 0. The van der Waals surface area contributed by atoms with Gasteiger partial charge in [0.05, 0.1) is 0 Å². The molecule has 14 heavy (non-hydrogen) atoms. The molecule has 0 heterocycles. The number of hydrogen-bond donors (Lipinski definition) is 0. The molecule has 0 aliphatic carbocycles. The highest BCUT2D eigenvalue weighted by molar-refractivity contribution is 4.60. The Morgan fingerprint density at radius 1 is 0.929 bits per heavy atom. The fourth-order valence-electron chi connectivity index (χ4n) is 1.97. The zero-order valence-electron chi connectivity index (χ0n) is 10.5. The smallest absolute Gasteiger partial charge is 0.0417 e. The Morgan fingerprint density at radius 2 is 1.50 bits per heavy atom. The summed E-state index contributed by atoms with van der Waals surface area (Å²) in [4.78, 5) is 0. The van der Waals surface area contributed by atoms with Crippen LogP contribution >= 0.6 is 0 Å². The normalized spacial score (nSPS) is 13.5. The van der Waals surface area contributed by atoms with E-state index < -0.39 is 0 Å². The Bertz CT molecular complexity index is 105. The lowest BCUT2D eigenvalue weighted by atomic mass is 9.92. The van der Waals surface area contributed by atoms with Crippen molar-refractivity contribution < 1.29 is 0 Å². The molecular weight excluding hydrogens is 168 g/mol. The van der Waals surface area contributed by atoms with Gasteiger partial charge in [-0.25, -0.2) is 0 Å². The van der Waals surface area contributed by atoms with E-state index in [9.17, 15) is 0 Å². The van der Waals surface area contributed by atoms with Crippen LogP contribution in [-0.4, -0.2) is 0 Å². The second kappa shape index (κ2) is 9.55. The predicted molar refractivity (Wildman–Crippen MR) is 66.3 cm³/mol. The summed E-state index contributed by atoms with van der Waals surface area (Å²) in [6.07, 6.45) is 11.2. The molecule has 0 heteroatoms. The summed E-state index contributed by atoms with van der Waals surface area (Å²) >= 11 is 0. The molecule has 0 rings (SSSR count). The van der Waals surface area contributed by atoms with Crippen molar-refractivity contribution in [3.05, 3.63) is 6.92 Å². The maximum atomic E-state index is 4.02. The van der Waals surface area contributed by atoms with Gasteiger partial charge >= 0.3 is 0 Å². The Labute approximate surface area is 91.5 Å². The van der Waals surface area contributed by atoms with E-state index in [1.54, 1.807) is 0 Å². The van der Waals surface area contributed by atoms with Crippen LogP contribution in [-0.2, 0) is 0 Å².